The highest BCUT2D eigenvalue weighted by Gasteiger charge is 2.43. The van der Waals surface area contributed by atoms with Gasteiger partial charge in [-0.15, -0.1) is 0 Å². The van der Waals surface area contributed by atoms with Crippen LogP contribution in [-0.4, -0.2) is 22.1 Å². The van der Waals surface area contributed by atoms with Crippen molar-refractivity contribution in [2.45, 2.75) is 44.9 Å². The zero-order valence-corrected chi connectivity index (χ0v) is 18.2. The van der Waals surface area contributed by atoms with Gasteiger partial charge in [0.15, 0.2) is 11.5 Å². The SMILES string of the molecule is Cc1ccc(N=C(N)c2nonc2NC(=O)C2(c3ccc(Cl)cc3)CCCC2)cc1C. The number of nitrogens with zero attached hydrogens (tertiary/aromatic N) is 3. The first kappa shape index (κ1) is 21.1. The zero-order chi connectivity index (χ0) is 22.0. The number of aromatic nitrogens is 2. The second-order valence-electron chi connectivity index (χ2n) is 7.98. The molecule has 0 unspecified atom stereocenters. The predicted octanol–water partition coefficient (Wildman–Crippen LogP) is 4.83. The van der Waals surface area contributed by atoms with Gasteiger partial charge in [0.05, 0.1) is 11.1 Å². The molecule has 1 aliphatic rings. The summed E-state index contributed by atoms with van der Waals surface area (Å²) in [5.41, 5.74) is 9.61. The smallest absolute Gasteiger partial charge is 0.236 e. The lowest BCUT2D eigenvalue weighted by Gasteiger charge is -2.28. The number of aryl methyl sites for hydroxylation is 2. The molecule has 31 heavy (non-hydrogen) atoms. The summed E-state index contributed by atoms with van der Waals surface area (Å²) in [5.74, 6) is 0.116. The monoisotopic (exact) mass is 437 g/mol. The van der Waals surface area contributed by atoms with Crippen molar-refractivity contribution in [2.75, 3.05) is 5.32 Å². The molecule has 0 radical (unpaired) electrons. The molecule has 3 aromatic rings. The molecule has 7 nitrogen and oxygen atoms in total. The van der Waals surface area contributed by atoms with Crippen molar-refractivity contribution in [1.82, 2.24) is 10.3 Å². The van der Waals surface area contributed by atoms with Gasteiger partial charge in [-0.2, -0.15) is 0 Å². The number of rotatable bonds is 5. The summed E-state index contributed by atoms with van der Waals surface area (Å²) >= 11 is 6.04. The van der Waals surface area contributed by atoms with E-state index in [0.29, 0.717) is 10.7 Å². The summed E-state index contributed by atoms with van der Waals surface area (Å²) in [6.07, 6.45) is 3.42. The molecule has 0 spiro atoms. The number of nitrogens with one attached hydrogen (secondary N) is 1. The number of aliphatic imine (C=N–C) groups is 1. The molecule has 1 fully saturated rings. The maximum Gasteiger partial charge on any atom is 0.236 e. The van der Waals surface area contributed by atoms with Gasteiger partial charge < -0.3 is 11.1 Å². The van der Waals surface area contributed by atoms with E-state index in [2.05, 4.69) is 20.6 Å². The minimum Gasteiger partial charge on any atom is -0.382 e. The first-order valence-electron chi connectivity index (χ1n) is 10.2. The Bertz CT molecular complexity index is 1130. The topological polar surface area (TPSA) is 106 Å². The van der Waals surface area contributed by atoms with Crippen molar-refractivity contribution >= 4 is 34.8 Å². The van der Waals surface area contributed by atoms with E-state index < -0.39 is 5.41 Å². The van der Waals surface area contributed by atoms with Gasteiger partial charge in [-0.3, -0.25) is 4.79 Å². The van der Waals surface area contributed by atoms with Gasteiger partial charge in [-0.25, -0.2) is 9.62 Å². The van der Waals surface area contributed by atoms with Crippen molar-refractivity contribution in [3.8, 4) is 0 Å². The summed E-state index contributed by atoms with van der Waals surface area (Å²) in [6, 6.07) is 13.2. The van der Waals surface area contributed by atoms with Gasteiger partial charge in [0.1, 0.15) is 0 Å². The number of amides is 1. The highest BCUT2D eigenvalue weighted by Crippen LogP contribution is 2.42. The van der Waals surface area contributed by atoms with E-state index in [9.17, 15) is 4.79 Å². The molecule has 4 rings (SSSR count). The van der Waals surface area contributed by atoms with E-state index >= 15 is 0 Å². The molecule has 8 heteroatoms. The predicted molar refractivity (Wildman–Crippen MR) is 121 cm³/mol. The Balaban J connectivity index is 1.61. The van der Waals surface area contributed by atoms with E-state index in [-0.39, 0.29) is 23.3 Å². The molecule has 1 amide bonds. The van der Waals surface area contributed by atoms with Gasteiger partial charge in [0.25, 0.3) is 0 Å². The van der Waals surface area contributed by atoms with E-state index in [1.54, 1.807) is 0 Å². The molecule has 160 valence electrons. The molecule has 1 saturated carbocycles. The second kappa shape index (κ2) is 8.51. The van der Waals surface area contributed by atoms with Crippen LogP contribution >= 0.6 is 11.6 Å². The Morgan fingerprint density at radius 3 is 2.48 bits per heavy atom. The molecule has 2 aromatic carbocycles. The van der Waals surface area contributed by atoms with Crippen LogP contribution in [0.25, 0.3) is 0 Å². The minimum atomic E-state index is -0.652. The standard InChI is InChI=1S/C23H24ClN5O2/c1-14-5-10-18(13-15(14)2)26-20(25)19-21(29-31-28-19)27-22(30)23(11-3-4-12-23)16-6-8-17(24)9-7-16/h5-10,13H,3-4,11-12H2,1-2H3,(H2,25,26)(H,27,29,30). The molecular weight excluding hydrogens is 414 g/mol. The van der Waals surface area contributed by atoms with Gasteiger partial charge in [0.2, 0.25) is 11.7 Å². The van der Waals surface area contributed by atoms with Crippen molar-refractivity contribution in [1.29, 1.82) is 0 Å². The van der Waals surface area contributed by atoms with E-state index in [4.69, 9.17) is 22.0 Å². The maximum atomic E-state index is 13.4. The number of carbonyl (C=O) groups excluding carboxylic acids is 1. The van der Waals surface area contributed by atoms with Crippen molar-refractivity contribution in [3.05, 3.63) is 69.9 Å². The number of nitrogens with two attached hydrogens (primary N) is 1. The van der Waals surface area contributed by atoms with Crippen LogP contribution in [0.5, 0.6) is 0 Å². The molecule has 0 atom stereocenters. The van der Waals surface area contributed by atoms with Crippen LogP contribution in [0, 0.1) is 13.8 Å². The number of hydrogen-bond donors (Lipinski definition) is 2. The van der Waals surface area contributed by atoms with Gasteiger partial charge in [0, 0.05) is 5.02 Å². The maximum absolute atomic E-state index is 13.4. The highest BCUT2D eigenvalue weighted by molar-refractivity contribution is 6.30. The Hall–Kier alpha value is -3.19. The quantitative estimate of drug-likeness (QED) is 0.439. The van der Waals surface area contributed by atoms with Crippen LogP contribution in [-0.2, 0) is 10.2 Å². The lowest BCUT2D eigenvalue weighted by Crippen LogP contribution is -2.38. The Kier molecular flexibility index (Phi) is 5.78. The van der Waals surface area contributed by atoms with Crippen molar-refractivity contribution in [3.63, 3.8) is 0 Å². The Labute approximate surface area is 185 Å². The molecule has 3 N–H and O–H groups in total. The average Bonchev–Trinajstić information content (AvgIpc) is 3.42. The molecular formula is C23H24ClN5O2. The third-order valence-corrected chi connectivity index (χ3v) is 6.24. The summed E-state index contributed by atoms with van der Waals surface area (Å²) < 4.78 is 4.87. The van der Waals surface area contributed by atoms with Crippen LogP contribution in [0.15, 0.2) is 52.1 Å². The molecule has 0 aliphatic heterocycles. The zero-order valence-electron chi connectivity index (χ0n) is 17.5. The van der Waals surface area contributed by atoms with Gasteiger partial charge in [-0.05, 0) is 78.0 Å². The summed E-state index contributed by atoms with van der Waals surface area (Å²) in [5, 5.41) is 11.2. The average molecular weight is 438 g/mol. The minimum absolute atomic E-state index is 0.117. The Morgan fingerprint density at radius 2 is 1.81 bits per heavy atom. The fourth-order valence-corrected chi connectivity index (χ4v) is 4.17. The largest absolute Gasteiger partial charge is 0.382 e. The molecule has 0 saturated heterocycles. The number of halogens is 1. The van der Waals surface area contributed by atoms with Crippen LogP contribution in [0.3, 0.4) is 0 Å². The number of amidine groups is 1. The third kappa shape index (κ3) is 4.18. The first-order valence-corrected chi connectivity index (χ1v) is 10.6. The normalized spacial score (nSPS) is 15.8. The van der Waals surface area contributed by atoms with E-state index in [1.807, 2.05) is 56.3 Å². The molecule has 0 bridgehead atoms. The fourth-order valence-electron chi connectivity index (χ4n) is 4.05. The number of benzene rings is 2. The van der Waals surface area contributed by atoms with Crippen molar-refractivity contribution in [2.24, 2.45) is 10.7 Å². The molecule has 1 aromatic heterocycles. The third-order valence-electron chi connectivity index (χ3n) is 5.99. The van der Waals surface area contributed by atoms with Gasteiger partial charge >= 0.3 is 0 Å². The molecule has 1 heterocycles. The van der Waals surface area contributed by atoms with Crippen molar-refractivity contribution < 1.29 is 9.42 Å². The summed E-state index contributed by atoms with van der Waals surface area (Å²) in [4.78, 5) is 17.8. The summed E-state index contributed by atoms with van der Waals surface area (Å²) in [6.45, 7) is 4.03. The van der Waals surface area contributed by atoms with Crippen LogP contribution < -0.4 is 11.1 Å². The van der Waals surface area contributed by atoms with Crippen LogP contribution in [0.2, 0.25) is 5.02 Å². The van der Waals surface area contributed by atoms with Crippen LogP contribution in [0.1, 0.15) is 48.1 Å². The van der Waals surface area contributed by atoms with Gasteiger partial charge in [-0.1, -0.05) is 42.6 Å². The number of anilines is 1. The fraction of sp³-hybridized carbons (Fsp3) is 0.304. The first-order chi connectivity index (χ1) is 14.9. The van der Waals surface area contributed by atoms with E-state index in [0.717, 1.165) is 42.4 Å². The second-order valence-corrected chi connectivity index (χ2v) is 8.41. The molecule has 1 aliphatic carbocycles. The van der Waals surface area contributed by atoms with Crippen LogP contribution in [0.4, 0.5) is 11.5 Å². The Morgan fingerprint density at radius 1 is 1.10 bits per heavy atom. The number of carbonyl (C=O) groups is 1. The van der Waals surface area contributed by atoms with E-state index in [1.165, 1.54) is 0 Å². The highest BCUT2D eigenvalue weighted by atomic mass is 35.5. The summed E-state index contributed by atoms with van der Waals surface area (Å²) in [7, 11) is 0. The number of hydrogen-bond acceptors (Lipinski definition) is 5. The lowest BCUT2D eigenvalue weighted by atomic mass is 9.78. The lowest BCUT2D eigenvalue weighted by molar-refractivity contribution is -0.121.